The van der Waals surface area contributed by atoms with Crippen molar-refractivity contribution >= 4 is 5.91 Å². The number of H-pyrrole nitrogens is 1. The number of aromatic amines is 1. The van der Waals surface area contributed by atoms with Crippen molar-refractivity contribution in [3.8, 4) is 0 Å². The molecule has 1 saturated heterocycles. The molecule has 5 nitrogen and oxygen atoms in total. The number of nitrogens with one attached hydrogen (secondary N) is 1. The van der Waals surface area contributed by atoms with Gasteiger partial charge in [0.1, 0.15) is 0 Å². The highest BCUT2D eigenvalue weighted by atomic mass is 16.2. The normalized spacial score (nSPS) is 19.3. The number of amides is 1. The van der Waals surface area contributed by atoms with Crippen molar-refractivity contribution in [2.24, 2.45) is 0 Å². The first kappa shape index (κ1) is 15.7. The fraction of sp³-hybridized carbons (Fsp3) is 0.444. The Morgan fingerprint density at radius 3 is 2.91 bits per heavy atom. The summed E-state index contributed by atoms with van der Waals surface area (Å²) in [4.78, 5) is 16.9. The Hall–Kier alpha value is -2.14. The predicted molar refractivity (Wildman–Crippen MR) is 89.9 cm³/mol. The summed E-state index contributed by atoms with van der Waals surface area (Å²) in [5.41, 5.74) is 3.63. The van der Waals surface area contributed by atoms with E-state index in [4.69, 9.17) is 0 Å². The van der Waals surface area contributed by atoms with Gasteiger partial charge in [-0.2, -0.15) is 5.10 Å². The van der Waals surface area contributed by atoms with Gasteiger partial charge in [-0.3, -0.25) is 14.8 Å². The van der Waals surface area contributed by atoms with Crippen LogP contribution < -0.4 is 0 Å². The van der Waals surface area contributed by atoms with Crippen molar-refractivity contribution in [3.63, 3.8) is 0 Å². The van der Waals surface area contributed by atoms with Crippen LogP contribution >= 0.6 is 0 Å². The SMILES string of the molecule is Cc1cccc(CN2CCN(CCc3cn[nH]c3)[C@@H](C)C2=O)c1. The lowest BCUT2D eigenvalue weighted by Crippen LogP contribution is -2.55. The molecule has 2 aromatic rings. The van der Waals surface area contributed by atoms with Gasteiger partial charge in [-0.15, -0.1) is 0 Å². The molecule has 0 saturated carbocycles. The highest BCUT2D eigenvalue weighted by Crippen LogP contribution is 2.16. The van der Waals surface area contributed by atoms with E-state index in [1.807, 2.05) is 24.2 Å². The Morgan fingerprint density at radius 2 is 2.17 bits per heavy atom. The second-order valence-corrected chi connectivity index (χ2v) is 6.32. The number of carbonyl (C=O) groups is 1. The first-order chi connectivity index (χ1) is 11.1. The summed E-state index contributed by atoms with van der Waals surface area (Å²) < 4.78 is 0. The van der Waals surface area contributed by atoms with E-state index in [9.17, 15) is 4.79 Å². The molecule has 2 heterocycles. The monoisotopic (exact) mass is 312 g/mol. The minimum Gasteiger partial charge on any atom is -0.336 e. The lowest BCUT2D eigenvalue weighted by molar-refractivity contribution is -0.141. The van der Waals surface area contributed by atoms with Crippen LogP contribution in [0, 0.1) is 6.92 Å². The summed E-state index contributed by atoms with van der Waals surface area (Å²) in [6, 6.07) is 8.33. The third-order valence-corrected chi connectivity index (χ3v) is 4.57. The minimum absolute atomic E-state index is 0.0551. The molecule has 122 valence electrons. The van der Waals surface area contributed by atoms with Crippen LogP contribution in [0.15, 0.2) is 36.7 Å². The number of benzene rings is 1. The van der Waals surface area contributed by atoms with Gasteiger partial charge in [-0.25, -0.2) is 0 Å². The number of aryl methyl sites for hydroxylation is 1. The van der Waals surface area contributed by atoms with E-state index >= 15 is 0 Å². The van der Waals surface area contributed by atoms with Crippen LogP contribution in [0.1, 0.15) is 23.6 Å². The van der Waals surface area contributed by atoms with Crippen molar-refractivity contribution in [1.29, 1.82) is 0 Å². The van der Waals surface area contributed by atoms with Gasteiger partial charge in [0.15, 0.2) is 0 Å². The molecule has 0 radical (unpaired) electrons. The molecule has 23 heavy (non-hydrogen) atoms. The molecule has 1 N–H and O–H groups in total. The largest absolute Gasteiger partial charge is 0.336 e. The Bertz CT molecular complexity index is 653. The number of carbonyl (C=O) groups excluding carboxylic acids is 1. The lowest BCUT2D eigenvalue weighted by Gasteiger charge is -2.39. The van der Waals surface area contributed by atoms with Crippen molar-refractivity contribution < 1.29 is 4.79 Å². The molecule has 5 heteroatoms. The van der Waals surface area contributed by atoms with E-state index in [2.05, 4.69) is 46.3 Å². The van der Waals surface area contributed by atoms with Crippen molar-refractivity contribution in [3.05, 3.63) is 53.3 Å². The van der Waals surface area contributed by atoms with Crippen LogP contribution in [-0.4, -0.2) is 51.6 Å². The summed E-state index contributed by atoms with van der Waals surface area (Å²) in [5, 5.41) is 6.80. The number of hydrogen-bond acceptors (Lipinski definition) is 3. The summed E-state index contributed by atoms with van der Waals surface area (Å²) in [6.45, 7) is 7.42. The fourth-order valence-electron chi connectivity index (χ4n) is 3.15. The molecular weight excluding hydrogens is 288 g/mol. The zero-order valence-corrected chi connectivity index (χ0v) is 13.8. The van der Waals surface area contributed by atoms with E-state index in [1.54, 1.807) is 0 Å². The van der Waals surface area contributed by atoms with Gasteiger partial charge in [0, 0.05) is 32.4 Å². The molecule has 1 aliphatic heterocycles. The van der Waals surface area contributed by atoms with Crippen molar-refractivity contribution in [2.75, 3.05) is 19.6 Å². The molecule has 0 spiro atoms. The lowest BCUT2D eigenvalue weighted by atomic mass is 10.1. The number of hydrogen-bond donors (Lipinski definition) is 1. The van der Waals surface area contributed by atoms with E-state index in [0.29, 0.717) is 6.54 Å². The zero-order valence-electron chi connectivity index (χ0n) is 13.8. The third kappa shape index (κ3) is 3.79. The molecule has 1 fully saturated rings. The maximum Gasteiger partial charge on any atom is 0.239 e. The van der Waals surface area contributed by atoms with Gasteiger partial charge >= 0.3 is 0 Å². The number of aromatic nitrogens is 2. The smallest absolute Gasteiger partial charge is 0.239 e. The molecule has 1 aromatic carbocycles. The molecular formula is C18H24N4O. The van der Waals surface area contributed by atoms with Gasteiger partial charge in [-0.05, 0) is 31.4 Å². The molecule has 3 rings (SSSR count). The van der Waals surface area contributed by atoms with Gasteiger partial charge in [0.2, 0.25) is 5.91 Å². The van der Waals surface area contributed by atoms with E-state index < -0.39 is 0 Å². The second kappa shape index (κ2) is 6.96. The highest BCUT2D eigenvalue weighted by Gasteiger charge is 2.30. The van der Waals surface area contributed by atoms with Crippen LogP contribution in [0.25, 0.3) is 0 Å². The summed E-state index contributed by atoms with van der Waals surface area (Å²) in [7, 11) is 0. The van der Waals surface area contributed by atoms with Gasteiger partial charge in [0.25, 0.3) is 0 Å². The average Bonchev–Trinajstić information content (AvgIpc) is 3.05. The third-order valence-electron chi connectivity index (χ3n) is 4.57. The average molecular weight is 312 g/mol. The maximum atomic E-state index is 12.7. The second-order valence-electron chi connectivity index (χ2n) is 6.32. The van der Waals surface area contributed by atoms with E-state index in [0.717, 1.165) is 26.1 Å². The molecule has 0 bridgehead atoms. The molecule has 0 unspecified atom stereocenters. The topological polar surface area (TPSA) is 52.2 Å². The standard InChI is InChI=1S/C18H24N4O/c1-14-4-3-5-16(10-14)13-22-9-8-21(15(2)18(22)23)7-6-17-11-19-20-12-17/h3-5,10-12,15H,6-9,13H2,1-2H3,(H,19,20)/t15-/m0/s1. The molecule has 1 amide bonds. The minimum atomic E-state index is -0.0551. The number of piperazine rings is 1. The Morgan fingerprint density at radius 1 is 1.30 bits per heavy atom. The Balaban J connectivity index is 1.57. The van der Waals surface area contributed by atoms with Gasteiger partial charge in [0.05, 0.1) is 12.2 Å². The van der Waals surface area contributed by atoms with E-state index in [-0.39, 0.29) is 11.9 Å². The highest BCUT2D eigenvalue weighted by molar-refractivity contribution is 5.82. The van der Waals surface area contributed by atoms with Gasteiger partial charge < -0.3 is 4.90 Å². The zero-order chi connectivity index (χ0) is 16.2. The summed E-state index contributed by atoms with van der Waals surface area (Å²) in [5.74, 6) is 0.227. The number of rotatable bonds is 5. The van der Waals surface area contributed by atoms with Gasteiger partial charge in [-0.1, -0.05) is 29.8 Å². The molecule has 0 aliphatic carbocycles. The first-order valence-corrected chi connectivity index (χ1v) is 8.19. The Labute approximate surface area is 137 Å². The quantitative estimate of drug-likeness (QED) is 0.918. The van der Waals surface area contributed by atoms with Crippen LogP contribution in [0.4, 0.5) is 0 Å². The molecule has 1 aromatic heterocycles. The maximum absolute atomic E-state index is 12.7. The number of nitrogens with zero attached hydrogens (tertiary/aromatic N) is 3. The van der Waals surface area contributed by atoms with Crippen LogP contribution in [-0.2, 0) is 17.8 Å². The Kier molecular flexibility index (Phi) is 4.76. The fourth-order valence-corrected chi connectivity index (χ4v) is 3.15. The van der Waals surface area contributed by atoms with Crippen LogP contribution in [0.5, 0.6) is 0 Å². The van der Waals surface area contributed by atoms with E-state index in [1.165, 1.54) is 16.7 Å². The van der Waals surface area contributed by atoms with Crippen LogP contribution in [0.2, 0.25) is 0 Å². The summed E-state index contributed by atoms with van der Waals surface area (Å²) in [6.07, 6.45) is 4.69. The summed E-state index contributed by atoms with van der Waals surface area (Å²) >= 11 is 0. The van der Waals surface area contributed by atoms with Crippen molar-refractivity contribution in [2.45, 2.75) is 32.9 Å². The predicted octanol–water partition coefficient (Wildman–Crippen LogP) is 1.99. The first-order valence-electron chi connectivity index (χ1n) is 8.19. The van der Waals surface area contributed by atoms with Crippen LogP contribution in [0.3, 0.4) is 0 Å². The van der Waals surface area contributed by atoms with Crippen molar-refractivity contribution in [1.82, 2.24) is 20.0 Å². The molecule has 1 atom stereocenters. The molecule has 1 aliphatic rings.